The summed E-state index contributed by atoms with van der Waals surface area (Å²) in [5.74, 6) is -0.175. The summed E-state index contributed by atoms with van der Waals surface area (Å²) >= 11 is 0. The van der Waals surface area contributed by atoms with Gasteiger partial charge in [-0.2, -0.15) is 0 Å². The van der Waals surface area contributed by atoms with Gasteiger partial charge in [-0.1, -0.05) is 24.3 Å². The van der Waals surface area contributed by atoms with E-state index in [0.29, 0.717) is 18.0 Å². The molecule has 0 aromatic heterocycles. The van der Waals surface area contributed by atoms with Crippen LogP contribution in [0.2, 0.25) is 0 Å². The number of hydrogen-bond acceptors (Lipinski definition) is 4. The van der Waals surface area contributed by atoms with E-state index in [2.05, 4.69) is 11.4 Å². The average Bonchev–Trinajstić information content (AvgIpc) is 3.45. The maximum absolute atomic E-state index is 13.2. The minimum atomic E-state index is -0.708. The molecule has 1 unspecified atom stereocenters. The highest BCUT2D eigenvalue weighted by molar-refractivity contribution is 5.81. The van der Waals surface area contributed by atoms with Crippen molar-refractivity contribution in [1.82, 2.24) is 0 Å². The van der Waals surface area contributed by atoms with Crippen LogP contribution >= 0.6 is 0 Å². The Morgan fingerprint density at radius 3 is 2.60 bits per heavy atom. The van der Waals surface area contributed by atoms with Crippen molar-refractivity contribution in [2.75, 3.05) is 11.9 Å². The van der Waals surface area contributed by atoms with E-state index in [9.17, 15) is 9.18 Å². The maximum Gasteiger partial charge on any atom is 0.333 e. The molecule has 1 fully saturated rings. The molecule has 3 rings (SSSR count). The van der Waals surface area contributed by atoms with Gasteiger partial charge in [-0.05, 0) is 60.6 Å². The normalized spacial score (nSPS) is 14.8. The minimum Gasteiger partial charge on any atom is -0.464 e. The van der Waals surface area contributed by atoms with Crippen LogP contribution in [0, 0.1) is 5.82 Å². The molecule has 0 heterocycles. The number of carbonyl (C=O) groups is 1. The number of esters is 1. The second kappa shape index (κ2) is 7.66. The summed E-state index contributed by atoms with van der Waals surface area (Å²) in [7, 11) is 0. The lowest BCUT2D eigenvalue weighted by atomic mass is 9.99. The van der Waals surface area contributed by atoms with Crippen LogP contribution in [-0.2, 0) is 16.1 Å². The molecule has 132 valence electrons. The molecule has 0 saturated heterocycles. The molecule has 5 heteroatoms. The molecule has 0 radical (unpaired) electrons. The molecule has 1 atom stereocenters. The molecule has 2 aromatic carbocycles. The van der Waals surface area contributed by atoms with Gasteiger partial charge in [0.25, 0.3) is 0 Å². The lowest BCUT2D eigenvalue weighted by Gasteiger charge is -2.22. The van der Waals surface area contributed by atoms with Crippen molar-refractivity contribution in [1.29, 1.82) is 0 Å². The summed E-state index contributed by atoms with van der Waals surface area (Å²) in [4.78, 5) is 12.5. The molecule has 1 aliphatic carbocycles. The lowest BCUT2D eigenvalue weighted by molar-refractivity contribution is -0.144. The SMILES string of the molecule is CCOC(=O)C(Nc1cccc(C2CC2)c1CN)c1ccc(F)cc1. The van der Waals surface area contributed by atoms with Gasteiger partial charge in [0.05, 0.1) is 6.61 Å². The van der Waals surface area contributed by atoms with Crippen LogP contribution in [0.4, 0.5) is 10.1 Å². The van der Waals surface area contributed by atoms with Gasteiger partial charge in [0.15, 0.2) is 6.04 Å². The first kappa shape index (κ1) is 17.4. The number of nitrogens with two attached hydrogens (primary N) is 1. The third-order valence-corrected chi connectivity index (χ3v) is 4.46. The minimum absolute atomic E-state index is 0.282. The highest BCUT2D eigenvalue weighted by Gasteiger charge is 2.28. The van der Waals surface area contributed by atoms with E-state index >= 15 is 0 Å². The fraction of sp³-hybridized carbons (Fsp3) is 0.350. The summed E-state index contributed by atoms with van der Waals surface area (Å²) in [6, 6.07) is 11.2. The summed E-state index contributed by atoms with van der Waals surface area (Å²) in [5, 5.41) is 3.26. The van der Waals surface area contributed by atoms with Crippen LogP contribution < -0.4 is 11.1 Å². The van der Waals surface area contributed by atoms with E-state index in [1.807, 2.05) is 12.1 Å². The quantitative estimate of drug-likeness (QED) is 0.750. The Morgan fingerprint density at radius 2 is 2.00 bits per heavy atom. The number of nitrogens with one attached hydrogen (secondary N) is 1. The van der Waals surface area contributed by atoms with Crippen LogP contribution in [0.25, 0.3) is 0 Å². The highest BCUT2D eigenvalue weighted by atomic mass is 19.1. The zero-order valence-corrected chi connectivity index (χ0v) is 14.3. The van der Waals surface area contributed by atoms with Crippen molar-refractivity contribution in [2.45, 2.75) is 38.3 Å². The van der Waals surface area contributed by atoms with Crippen LogP contribution in [0.5, 0.6) is 0 Å². The van der Waals surface area contributed by atoms with Crippen LogP contribution in [0.1, 0.15) is 48.4 Å². The van der Waals surface area contributed by atoms with Gasteiger partial charge in [0.2, 0.25) is 0 Å². The van der Waals surface area contributed by atoms with Crippen molar-refractivity contribution in [2.24, 2.45) is 5.73 Å². The van der Waals surface area contributed by atoms with E-state index < -0.39 is 12.0 Å². The fourth-order valence-electron chi connectivity index (χ4n) is 3.06. The second-order valence-corrected chi connectivity index (χ2v) is 6.23. The monoisotopic (exact) mass is 342 g/mol. The van der Waals surface area contributed by atoms with Gasteiger partial charge < -0.3 is 15.8 Å². The van der Waals surface area contributed by atoms with Crippen molar-refractivity contribution in [3.05, 3.63) is 65.0 Å². The van der Waals surface area contributed by atoms with Crippen LogP contribution in [0.15, 0.2) is 42.5 Å². The van der Waals surface area contributed by atoms with Gasteiger partial charge in [-0.25, -0.2) is 9.18 Å². The first-order chi connectivity index (χ1) is 12.1. The van der Waals surface area contributed by atoms with E-state index in [1.165, 1.54) is 30.5 Å². The standard InChI is InChI=1S/C20H23FN2O2/c1-2-25-20(24)19(14-8-10-15(21)11-9-14)23-18-5-3-4-16(13-6-7-13)17(18)12-22/h3-5,8-11,13,19,23H,2,6-7,12,22H2,1H3. The molecule has 0 spiro atoms. The first-order valence-electron chi connectivity index (χ1n) is 8.64. The Bertz CT molecular complexity index is 742. The number of hydrogen-bond donors (Lipinski definition) is 2. The van der Waals surface area contributed by atoms with Gasteiger partial charge in [-0.3, -0.25) is 0 Å². The Morgan fingerprint density at radius 1 is 1.28 bits per heavy atom. The molecule has 0 bridgehead atoms. The largest absolute Gasteiger partial charge is 0.464 e. The third-order valence-electron chi connectivity index (χ3n) is 4.46. The van der Waals surface area contributed by atoms with Gasteiger partial charge in [0, 0.05) is 12.2 Å². The molecular weight excluding hydrogens is 319 g/mol. The molecule has 3 N–H and O–H groups in total. The summed E-state index contributed by atoms with van der Waals surface area (Å²) in [5.41, 5.74) is 9.73. The van der Waals surface area contributed by atoms with Crippen molar-refractivity contribution >= 4 is 11.7 Å². The molecule has 1 aliphatic rings. The highest BCUT2D eigenvalue weighted by Crippen LogP contribution is 2.43. The number of carbonyl (C=O) groups excluding carboxylic acids is 1. The van der Waals surface area contributed by atoms with Gasteiger partial charge >= 0.3 is 5.97 Å². The number of benzene rings is 2. The predicted molar refractivity (Wildman–Crippen MR) is 95.7 cm³/mol. The molecule has 0 aliphatic heterocycles. The Labute approximate surface area is 147 Å². The second-order valence-electron chi connectivity index (χ2n) is 6.23. The zero-order valence-electron chi connectivity index (χ0n) is 14.3. The molecule has 1 saturated carbocycles. The van der Waals surface area contributed by atoms with E-state index in [-0.39, 0.29) is 12.4 Å². The van der Waals surface area contributed by atoms with Gasteiger partial charge in [0.1, 0.15) is 5.82 Å². The number of halogens is 1. The summed E-state index contributed by atoms with van der Waals surface area (Å²) in [6.45, 7) is 2.44. The maximum atomic E-state index is 13.2. The van der Waals surface area contributed by atoms with Crippen molar-refractivity contribution in [3.63, 3.8) is 0 Å². The predicted octanol–water partition coefficient (Wildman–Crippen LogP) is 3.88. The Balaban J connectivity index is 1.93. The molecule has 25 heavy (non-hydrogen) atoms. The molecule has 4 nitrogen and oxygen atoms in total. The third kappa shape index (κ3) is 3.99. The number of rotatable bonds is 7. The fourth-order valence-corrected chi connectivity index (χ4v) is 3.06. The molecule has 0 amide bonds. The number of anilines is 1. The first-order valence-corrected chi connectivity index (χ1v) is 8.64. The lowest BCUT2D eigenvalue weighted by Crippen LogP contribution is -2.24. The number of ether oxygens (including phenoxy) is 1. The van der Waals surface area contributed by atoms with E-state index in [4.69, 9.17) is 10.5 Å². The van der Waals surface area contributed by atoms with E-state index in [1.54, 1.807) is 19.1 Å². The Hall–Kier alpha value is -2.40. The molecular formula is C20H23FN2O2. The summed E-state index contributed by atoms with van der Waals surface area (Å²) in [6.07, 6.45) is 2.35. The zero-order chi connectivity index (χ0) is 17.8. The van der Waals surface area contributed by atoms with Gasteiger partial charge in [-0.15, -0.1) is 0 Å². The average molecular weight is 342 g/mol. The van der Waals surface area contributed by atoms with E-state index in [0.717, 1.165) is 11.3 Å². The topological polar surface area (TPSA) is 64.3 Å². The van der Waals surface area contributed by atoms with Crippen LogP contribution in [-0.4, -0.2) is 12.6 Å². The molecule has 2 aromatic rings. The smallest absolute Gasteiger partial charge is 0.333 e. The van der Waals surface area contributed by atoms with Crippen molar-refractivity contribution in [3.8, 4) is 0 Å². The van der Waals surface area contributed by atoms with Crippen LogP contribution in [0.3, 0.4) is 0 Å². The van der Waals surface area contributed by atoms with Crippen molar-refractivity contribution < 1.29 is 13.9 Å². The summed E-state index contributed by atoms with van der Waals surface area (Å²) < 4.78 is 18.4. The Kier molecular flexibility index (Phi) is 5.34.